The van der Waals surface area contributed by atoms with Gasteiger partial charge in [0.2, 0.25) is 11.8 Å². The average molecular weight is 437 g/mol. The Labute approximate surface area is 189 Å². The van der Waals surface area contributed by atoms with Crippen LogP contribution < -0.4 is 10.1 Å². The number of pyridine rings is 1. The molecule has 0 radical (unpaired) electrons. The van der Waals surface area contributed by atoms with Crippen LogP contribution in [0, 0.1) is 0 Å². The van der Waals surface area contributed by atoms with E-state index in [2.05, 4.69) is 15.2 Å². The lowest BCUT2D eigenvalue weighted by Gasteiger charge is -2.37. The van der Waals surface area contributed by atoms with Crippen molar-refractivity contribution in [2.45, 2.75) is 51.1 Å². The zero-order valence-corrected chi connectivity index (χ0v) is 18.8. The van der Waals surface area contributed by atoms with E-state index in [4.69, 9.17) is 4.74 Å². The van der Waals surface area contributed by atoms with E-state index in [0.717, 1.165) is 44.3 Å². The van der Waals surface area contributed by atoms with Crippen LogP contribution in [0.15, 0.2) is 48.7 Å². The van der Waals surface area contributed by atoms with Gasteiger partial charge in [-0.15, -0.1) is 0 Å². The van der Waals surface area contributed by atoms with Crippen LogP contribution in [0.3, 0.4) is 0 Å². The van der Waals surface area contributed by atoms with Crippen molar-refractivity contribution < 1.29 is 14.3 Å². The third-order valence-corrected chi connectivity index (χ3v) is 6.59. The summed E-state index contributed by atoms with van der Waals surface area (Å²) in [5.41, 5.74) is 1.05. The summed E-state index contributed by atoms with van der Waals surface area (Å²) < 4.78 is 5.97. The van der Waals surface area contributed by atoms with Crippen molar-refractivity contribution in [3.63, 3.8) is 0 Å². The number of nitrogens with zero attached hydrogens (tertiary/aromatic N) is 3. The Kier molecular flexibility index (Phi) is 7.05. The Balaban J connectivity index is 1.63. The number of ether oxygens (including phenoxy) is 1. The Bertz CT molecular complexity index is 936. The Morgan fingerprint density at radius 3 is 2.69 bits per heavy atom. The highest BCUT2D eigenvalue weighted by Gasteiger charge is 2.47. The lowest BCUT2D eigenvalue weighted by Crippen LogP contribution is -2.53. The number of fused-ring (bicyclic) bond motifs is 1. The van der Waals surface area contributed by atoms with Crippen molar-refractivity contribution in [1.82, 2.24) is 14.8 Å². The van der Waals surface area contributed by atoms with Gasteiger partial charge in [-0.25, -0.2) is 0 Å². The molecule has 1 saturated heterocycles. The summed E-state index contributed by atoms with van der Waals surface area (Å²) in [6.07, 6.45) is 6.06. The molecule has 0 aliphatic carbocycles. The third kappa shape index (κ3) is 4.93. The second-order valence-corrected chi connectivity index (χ2v) is 8.64. The third-order valence-electron chi connectivity index (χ3n) is 6.59. The molecular formula is C25H32N4O3. The predicted molar refractivity (Wildman–Crippen MR) is 123 cm³/mol. The summed E-state index contributed by atoms with van der Waals surface area (Å²) in [5, 5.41) is 3.17. The van der Waals surface area contributed by atoms with E-state index < -0.39 is 5.54 Å². The zero-order chi connectivity index (χ0) is 22.4. The van der Waals surface area contributed by atoms with Gasteiger partial charge in [0.1, 0.15) is 17.9 Å². The van der Waals surface area contributed by atoms with Gasteiger partial charge >= 0.3 is 0 Å². The molecule has 2 aromatic rings. The van der Waals surface area contributed by atoms with Crippen molar-refractivity contribution in [2.24, 2.45) is 0 Å². The molecule has 7 heteroatoms. The number of amides is 2. The first-order chi connectivity index (χ1) is 15.6. The molecular weight excluding hydrogens is 404 g/mol. The van der Waals surface area contributed by atoms with E-state index >= 15 is 0 Å². The molecule has 2 aliphatic heterocycles. The number of nitrogens with one attached hydrogen (secondary N) is 1. The molecule has 1 aromatic carbocycles. The van der Waals surface area contributed by atoms with Crippen molar-refractivity contribution in [1.29, 1.82) is 0 Å². The Hall–Kier alpha value is -2.93. The van der Waals surface area contributed by atoms with Gasteiger partial charge in [0.25, 0.3) is 0 Å². The highest BCUT2D eigenvalue weighted by molar-refractivity contribution is 5.99. The molecule has 1 spiro atoms. The largest absolute Gasteiger partial charge is 0.490 e. The van der Waals surface area contributed by atoms with Gasteiger partial charge in [0.05, 0.1) is 17.9 Å². The molecule has 1 N–H and O–H groups in total. The number of rotatable bonds is 2. The van der Waals surface area contributed by atoms with Crippen LogP contribution in [0.2, 0.25) is 0 Å². The molecule has 0 unspecified atom stereocenters. The van der Waals surface area contributed by atoms with E-state index in [1.807, 2.05) is 47.4 Å². The first kappa shape index (κ1) is 22.3. The van der Waals surface area contributed by atoms with Crippen LogP contribution >= 0.6 is 0 Å². The van der Waals surface area contributed by atoms with E-state index in [9.17, 15) is 9.59 Å². The summed E-state index contributed by atoms with van der Waals surface area (Å²) in [6, 6.07) is 13.4. The zero-order valence-electron chi connectivity index (χ0n) is 18.8. The monoisotopic (exact) mass is 436 g/mol. The summed E-state index contributed by atoms with van der Waals surface area (Å²) in [6.45, 7) is 4.72. The maximum Gasteiger partial charge on any atom is 0.245 e. The smallest absolute Gasteiger partial charge is 0.245 e. The number of aromatic nitrogens is 1. The average Bonchev–Trinajstić information content (AvgIpc) is 3.20. The molecule has 2 aliphatic rings. The fourth-order valence-corrected chi connectivity index (χ4v) is 4.85. The van der Waals surface area contributed by atoms with Gasteiger partial charge in [0.15, 0.2) is 0 Å². The maximum absolute atomic E-state index is 13.8. The molecule has 4 rings (SSSR count). The van der Waals surface area contributed by atoms with Gasteiger partial charge in [-0.2, -0.15) is 0 Å². The Morgan fingerprint density at radius 2 is 1.88 bits per heavy atom. The molecule has 0 saturated carbocycles. The summed E-state index contributed by atoms with van der Waals surface area (Å²) >= 11 is 0. The SMILES string of the molecule is CC(=O)N1CCCC[C@]2(CCCN2Cc2ccccn2)C(=O)Nc2ccccc2OCC1. The van der Waals surface area contributed by atoms with Crippen LogP contribution in [0.4, 0.5) is 5.69 Å². The number of hydrogen-bond donors (Lipinski definition) is 1. The van der Waals surface area contributed by atoms with Crippen LogP contribution in [-0.4, -0.2) is 58.4 Å². The number of likely N-dealkylation sites (tertiary alicyclic amines) is 1. The van der Waals surface area contributed by atoms with Crippen molar-refractivity contribution >= 4 is 17.5 Å². The quantitative estimate of drug-likeness (QED) is 0.780. The van der Waals surface area contributed by atoms with Crippen LogP contribution in [0.1, 0.15) is 44.7 Å². The molecule has 2 amide bonds. The molecule has 170 valence electrons. The first-order valence-corrected chi connectivity index (χ1v) is 11.5. The molecule has 3 heterocycles. The summed E-state index contributed by atoms with van der Waals surface area (Å²) in [4.78, 5) is 34.5. The van der Waals surface area contributed by atoms with Crippen molar-refractivity contribution in [2.75, 3.05) is 31.6 Å². The number of hydrogen-bond acceptors (Lipinski definition) is 5. The van der Waals surface area contributed by atoms with Crippen LogP contribution in [0.5, 0.6) is 5.75 Å². The van der Waals surface area contributed by atoms with Gasteiger partial charge in [0, 0.05) is 26.2 Å². The predicted octanol–water partition coefficient (Wildman–Crippen LogP) is 3.47. The molecule has 1 fully saturated rings. The second kappa shape index (κ2) is 10.1. The molecule has 1 atom stereocenters. The number of benzene rings is 1. The summed E-state index contributed by atoms with van der Waals surface area (Å²) in [7, 11) is 0. The molecule has 7 nitrogen and oxygen atoms in total. The standard InChI is InChI=1S/C25H32N4O3/c1-20(30)28-15-7-5-12-25(13-8-16-29(25)19-21-9-4-6-14-26-21)24(31)27-22-10-2-3-11-23(22)32-18-17-28/h2-4,6,9-11,14H,5,7-8,12-13,15-19H2,1H3,(H,27,31)/t25-/m0/s1. The number of para-hydroxylation sites is 2. The lowest BCUT2D eigenvalue weighted by atomic mass is 9.88. The van der Waals surface area contributed by atoms with Gasteiger partial charge in [-0.05, 0) is 62.9 Å². The van der Waals surface area contributed by atoms with Crippen molar-refractivity contribution in [3.05, 3.63) is 54.4 Å². The molecule has 0 bridgehead atoms. The van der Waals surface area contributed by atoms with E-state index in [1.165, 1.54) is 0 Å². The fourth-order valence-electron chi connectivity index (χ4n) is 4.85. The fraction of sp³-hybridized carbons (Fsp3) is 0.480. The van der Waals surface area contributed by atoms with E-state index in [-0.39, 0.29) is 11.8 Å². The number of carbonyl (C=O) groups excluding carboxylic acids is 2. The number of carbonyl (C=O) groups is 2. The van der Waals surface area contributed by atoms with Gasteiger partial charge in [-0.3, -0.25) is 19.5 Å². The van der Waals surface area contributed by atoms with Crippen molar-refractivity contribution in [3.8, 4) is 5.75 Å². The maximum atomic E-state index is 13.8. The summed E-state index contributed by atoms with van der Waals surface area (Å²) in [5.74, 6) is 0.705. The van der Waals surface area contributed by atoms with E-state index in [0.29, 0.717) is 37.7 Å². The lowest BCUT2D eigenvalue weighted by molar-refractivity contribution is -0.130. The molecule has 1 aromatic heterocycles. The first-order valence-electron chi connectivity index (χ1n) is 11.5. The normalized spacial score (nSPS) is 22.8. The minimum absolute atomic E-state index is 0.0182. The highest BCUT2D eigenvalue weighted by atomic mass is 16.5. The highest BCUT2D eigenvalue weighted by Crippen LogP contribution is 2.37. The van der Waals surface area contributed by atoms with Gasteiger partial charge < -0.3 is 15.0 Å². The van der Waals surface area contributed by atoms with Gasteiger partial charge in [-0.1, -0.05) is 18.2 Å². The minimum Gasteiger partial charge on any atom is -0.490 e. The topological polar surface area (TPSA) is 74.8 Å². The molecule has 32 heavy (non-hydrogen) atoms. The van der Waals surface area contributed by atoms with Crippen LogP contribution in [0.25, 0.3) is 0 Å². The van der Waals surface area contributed by atoms with Crippen LogP contribution in [-0.2, 0) is 16.1 Å². The second-order valence-electron chi connectivity index (χ2n) is 8.64. The Morgan fingerprint density at radius 1 is 1.06 bits per heavy atom. The minimum atomic E-state index is -0.597. The van der Waals surface area contributed by atoms with E-state index in [1.54, 1.807) is 13.1 Å². The number of anilines is 1.